The molecule has 1 aromatic carbocycles. The Balaban J connectivity index is 2.78. The molecule has 0 fully saturated rings. The molecule has 2 N–H and O–H groups in total. The molecule has 0 heterocycles. The number of anilines is 1. The molecule has 108 valence electrons. The highest BCUT2D eigenvalue weighted by molar-refractivity contribution is 5.85. The van der Waals surface area contributed by atoms with Crippen molar-refractivity contribution in [3.8, 4) is 6.07 Å². The predicted molar refractivity (Wildman–Crippen MR) is 81.5 cm³/mol. The van der Waals surface area contributed by atoms with Gasteiger partial charge in [-0.1, -0.05) is 13.0 Å². The van der Waals surface area contributed by atoms with Crippen LogP contribution in [0.15, 0.2) is 18.2 Å². The van der Waals surface area contributed by atoms with Crippen molar-refractivity contribution in [2.24, 2.45) is 0 Å². The number of nitriles is 1. The van der Waals surface area contributed by atoms with E-state index in [1.165, 1.54) is 0 Å². The Bertz CT molecular complexity index is 529. The van der Waals surface area contributed by atoms with Gasteiger partial charge in [-0.3, -0.25) is 4.79 Å². The number of carbonyl (C=O) groups excluding carboxylic acids is 1. The number of hydrogen-bond acceptors (Lipinski definition) is 3. The van der Waals surface area contributed by atoms with E-state index >= 15 is 0 Å². The third-order valence-electron chi connectivity index (χ3n) is 3.48. The van der Waals surface area contributed by atoms with E-state index in [1.54, 1.807) is 12.1 Å². The van der Waals surface area contributed by atoms with E-state index in [-0.39, 0.29) is 17.5 Å². The second-order valence-corrected chi connectivity index (χ2v) is 5.73. The van der Waals surface area contributed by atoms with Gasteiger partial charge in [-0.2, -0.15) is 5.26 Å². The molecule has 1 atom stereocenters. The summed E-state index contributed by atoms with van der Waals surface area (Å²) in [5, 5.41) is 15.1. The molecule has 0 aliphatic carbocycles. The first-order valence-electron chi connectivity index (χ1n) is 6.88. The van der Waals surface area contributed by atoms with E-state index < -0.39 is 0 Å². The summed E-state index contributed by atoms with van der Waals surface area (Å²) < 4.78 is 0. The summed E-state index contributed by atoms with van der Waals surface area (Å²) in [6.07, 6.45) is 0.869. The Morgan fingerprint density at radius 2 is 2.10 bits per heavy atom. The van der Waals surface area contributed by atoms with Gasteiger partial charge in [-0.15, -0.1) is 0 Å². The van der Waals surface area contributed by atoms with Crippen LogP contribution in [0.2, 0.25) is 0 Å². The lowest BCUT2D eigenvalue weighted by Crippen LogP contribution is -2.48. The van der Waals surface area contributed by atoms with Gasteiger partial charge < -0.3 is 10.6 Å². The van der Waals surface area contributed by atoms with Gasteiger partial charge >= 0.3 is 0 Å². The van der Waals surface area contributed by atoms with Crippen LogP contribution in [0.4, 0.5) is 5.69 Å². The molecule has 0 saturated heterocycles. The van der Waals surface area contributed by atoms with Crippen molar-refractivity contribution in [1.82, 2.24) is 5.32 Å². The smallest absolute Gasteiger partial charge is 0.242 e. The van der Waals surface area contributed by atoms with Crippen LogP contribution in [0, 0.1) is 18.3 Å². The van der Waals surface area contributed by atoms with Gasteiger partial charge in [0.15, 0.2) is 0 Å². The monoisotopic (exact) mass is 273 g/mol. The summed E-state index contributed by atoms with van der Waals surface area (Å²) in [5.41, 5.74) is 2.20. The fourth-order valence-electron chi connectivity index (χ4n) is 1.68. The summed E-state index contributed by atoms with van der Waals surface area (Å²) in [5.74, 6) is -0.0430. The van der Waals surface area contributed by atoms with E-state index in [4.69, 9.17) is 5.26 Å². The van der Waals surface area contributed by atoms with Crippen LogP contribution >= 0.6 is 0 Å². The molecule has 4 nitrogen and oxygen atoms in total. The Morgan fingerprint density at radius 1 is 1.45 bits per heavy atom. The minimum Gasteiger partial charge on any atom is -0.374 e. The van der Waals surface area contributed by atoms with E-state index in [0.29, 0.717) is 5.56 Å². The van der Waals surface area contributed by atoms with E-state index in [1.807, 2.05) is 40.7 Å². The molecule has 1 rings (SSSR count). The molecule has 4 heteroatoms. The maximum absolute atomic E-state index is 12.1. The van der Waals surface area contributed by atoms with E-state index in [9.17, 15) is 4.79 Å². The molecule has 0 radical (unpaired) electrons. The first-order chi connectivity index (χ1) is 9.29. The average Bonchev–Trinajstić information content (AvgIpc) is 2.40. The molecule has 0 aliphatic heterocycles. The Morgan fingerprint density at radius 3 is 2.65 bits per heavy atom. The summed E-state index contributed by atoms with van der Waals surface area (Å²) in [6, 6.07) is 7.16. The highest BCUT2D eigenvalue weighted by Gasteiger charge is 2.21. The lowest BCUT2D eigenvalue weighted by atomic mass is 10.0. The largest absolute Gasteiger partial charge is 0.374 e. The maximum Gasteiger partial charge on any atom is 0.242 e. The number of nitrogens with one attached hydrogen (secondary N) is 2. The van der Waals surface area contributed by atoms with Crippen LogP contribution in [0.25, 0.3) is 0 Å². The zero-order chi connectivity index (χ0) is 15.3. The molecule has 1 unspecified atom stereocenters. The Hall–Kier alpha value is -2.02. The summed E-state index contributed by atoms with van der Waals surface area (Å²) >= 11 is 0. The average molecular weight is 273 g/mol. The molecule has 0 bridgehead atoms. The lowest BCUT2D eigenvalue weighted by Gasteiger charge is -2.27. The third-order valence-corrected chi connectivity index (χ3v) is 3.48. The SMILES string of the molecule is CCC(C)(C)NC(=O)C(C)Nc1cc(C#N)ccc1C. The third kappa shape index (κ3) is 4.27. The highest BCUT2D eigenvalue weighted by atomic mass is 16.2. The van der Waals surface area contributed by atoms with Crippen molar-refractivity contribution in [2.75, 3.05) is 5.32 Å². The van der Waals surface area contributed by atoms with Crippen LogP contribution in [-0.2, 0) is 4.79 Å². The highest BCUT2D eigenvalue weighted by Crippen LogP contribution is 2.18. The molecule has 0 saturated carbocycles. The van der Waals surface area contributed by atoms with Gasteiger partial charge in [0.2, 0.25) is 5.91 Å². The zero-order valence-corrected chi connectivity index (χ0v) is 12.9. The van der Waals surface area contributed by atoms with Crippen molar-refractivity contribution < 1.29 is 4.79 Å². The molecule has 0 aliphatic rings. The first kappa shape index (κ1) is 16.0. The minimum absolute atomic E-state index is 0.0430. The molecular formula is C16H23N3O. The van der Waals surface area contributed by atoms with Crippen LogP contribution in [-0.4, -0.2) is 17.5 Å². The Kier molecular flexibility index (Phi) is 5.15. The number of amides is 1. The summed E-state index contributed by atoms with van der Waals surface area (Å²) in [4.78, 5) is 12.1. The van der Waals surface area contributed by atoms with E-state index in [2.05, 4.69) is 16.7 Å². The Labute approximate surface area is 121 Å². The van der Waals surface area contributed by atoms with Gasteiger partial charge in [0.05, 0.1) is 11.6 Å². The van der Waals surface area contributed by atoms with Gasteiger partial charge in [0.25, 0.3) is 0 Å². The molecule has 20 heavy (non-hydrogen) atoms. The van der Waals surface area contributed by atoms with Crippen molar-refractivity contribution in [3.63, 3.8) is 0 Å². The molecular weight excluding hydrogens is 250 g/mol. The second kappa shape index (κ2) is 6.42. The van der Waals surface area contributed by atoms with Gasteiger partial charge in [0, 0.05) is 11.2 Å². The molecule has 0 aromatic heterocycles. The van der Waals surface area contributed by atoms with Gasteiger partial charge in [-0.05, 0) is 51.8 Å². The van der Waals surface area contributed by atoms with E-state index in [0.717, 1.165) is 17.7 Å². The zero-order valence-electron chi connectivity index (χ0n) is 12.9. The second-order valence-electron chi connectivity index (χ2n) is 5.73. The van der Waals surface area contributed by atoms with Crippen LogP contribution in [0.5, 0.6) is 0 Å². The number of aryl methyl sites for hydroxylation is 1. The minimum atomic E-state index is -0.353. The quantitative estimate of drug-likeness (QED) is 0.866. The normalized spacial score (nSPS) is 12.4. The summed E-state index contributed by atoms with van der Waals surface area (Å²) in [6.45, 7) is 9.81. The van der Waals surface area contributed by atoms with Gasteiger partial charge in [-0.25, -0.2) is 0 Å². The fourth-order valence-corrected chi connectivity index (χ4v) is 1.68. The van der Waals surface area contributed by atoms with Crippen LogP contribution < -0.4 is 10.6 Å². The van der Waals surface area contributed by atoms with Crippen LogP contribution in [0.1, 0.15) is 45.2 Å². The molecule has 1 aromatic rings. The van der Waals surface area contributed by atoms with Crippen LogP contribution in [0.3, 0.4) is 0 Å². The predicted octanol–water partition coefficient (Wildman–Crippen LogP) is 2.97. The number of carbonyl (C=O) groups is 1. The van der Waals surface area contributed by atoms with Crippen molar-refractivity contribution in [3.05, 3.63) is 29.3 Å². The lowest BCUT2D eigenvalue weighted by molar-refractivity contribution is -0.123. The maximum atomic E-state index is 12.1. The van der Waals surface area contributed by atoms with Crippen molar-refractivity contribution in [2.45, 2.75) is 52.6 Å². The number of nitrogens with zero attached hydrogens (tertiary/aromatic N) is 1. The van der Waals surface area contributed by atoms with Crippen molar-refractivity contribution in [1.29, 1.82) is 5.26 Å². The van der Waals surface area contributed by atoms with Crippen molar-refractivity contribution >= 4 is 11.6 Å². The first-order valence-corrected chi connectivity index (χ1v) is 6.88. The fraction of sp³-hybridized carbons (Fsp3) is 0.500. The molecule has 1 amide bonds. The number of rotatable bonds is 5. The standard InChI is InChI=1S/C16H23N3O/c1-6-16(4,5)19-15(20)12(3)18-14-9-13(10-17)8-7-11(14)2/h7-9,12,18H,6H2,1-5H3,(H,19,20). The number of hydrogen-bond donors (Lipinski definition) is 2. The molecule has 0 spiro atoms. The number of benzene rings is 1. The summed E-state index contributed by atoms with van der Waals surface area (Å²) in [7, 11) is 0. The van der Waals surface area contributed by atoms with Gasteiger partial charge in [0.1, 0.15) is 6.04 Å². The topological polar surface area (TPSA) is 64.9 Å².